The molecule has 0 radical (unpaired) electrons. The average Bonchev–Trinajstić information content (AvgIpc) is 2.82. The minimum atomic E-state index is 0.252. The van der Waals surface area contributed by atoms with Crippen molar-refractivity contribution < 1.29 is 9.47 Å². The first-order chi connectivity index (χ1) is 14.8. The summed E-state index contributed by atoms with van der Waals surface area (Å²) in [6.07, 6.45) is 2.13. The van der Waals surface area contributed by atoms with Crippen LogP contribution < -0.4 is 15.4 Å². The van der Waals surface area contributed by atoms with E-state index in [1.165, 1.54) is 11.1 Å². The molecule has 162 valence electrons. The van der Waals surface area contributed by atoms with Gasteiger partial charge in [-0.2, -0.15) is 0 Å². The Morgan fingerprint density at radius 1 is 1.07 bits per heavy atom. The topological polar surface area (TPSA) is 58.1 Å². The standard InChI is InChI=1S/C24H34N4O2/c1-25-24(26-14-6-9-20-7-4-3-5-8-20)27-19-23(28-15-17-30-18-16-28)21-10-12-22(29-2)13-11-21/h3-5,7-8,10-13,23H,6,9,14-19H2,1-2H3,(H2,25,26,27). The van der Waals surface area contributed by atoms with Gasteiger partial charge in [0.15, 0.2) is 5.96 Å². The number of aryl methyl sites for hydroxylation is 1. The molecule has 0 aliphatic carbocycles. The molecule has 0 amide bonds. The van der Waals surface area contributed by atoms with Crippen molar-refractivity contribution in [3.63, 3.8) is 0 Å². The zero-order valence-corrected chi connectivity index (χ0v) is 18.1. The minimum Gasteiger partial charge on any atom is -0.497 e. The number of rotatable bonds is 9. The zero-order chi connectivity index (χ0) is 21.0. The highest BCUT2D eigenvalue weighted by molar-refractivity contribution is 5.79. The average molecular weight is 411 g/mol. The lowest BCUT2D eigenvalue weighted by molar-refractivity contribution is 0.0170. The van der Waals surface area contributed by atoms with Crippen LogP contribution in [0.3, 0.4) is 0 Å². The summed E-state index contributed by atoms with van der Waals surface area (Å²) >= 11 is 0. The number of morpholine rings is 1. The van der Waals surface area contributed by atoms with Crippen molar-refractivity contribution in [3.8, 4) is 5.75 Å². The van der Waals surface area contributed by atoms with Crippen LogP contribution in [0.5, 0.6) is 5.75 Å². The number of guanidine groups is 1. The maximum atomic E-state index is 5.55. The molecule has 0 spiro atoms. The van der Waals surface area contributed by atoms with E-state index in [9.17, 15) is 0 Å². The number of nitrogens with one attached hydrogen (secondary N) is 2. The van der Waals surface area contributed by atoms with Crippen LogP contribution in [0.25, 0.3) is 0 Å². The van der Waals surface area contributed by atoms with Gasteiger partial charge in [0.1, 0.15) is 5.75 Å². The normalized spacial score (nSPS) is 16.1. The SMILES string of the molecule is CN=C(NCCCc1ccccc1)NCC(c1ccc(OC)cc1)N1CCOCC1. The highest BCUT2D eigenvalue weighted by atomic mass is 16.5. The molecule has 0 aromatic heterocycles. The minimum absolute atomic E-state index is 0.252. The van der Waals surface area contributed by atoms with E-state index < -0.39 is 0 Å². The summed E-state index contributed by atoms with van der Waals surface area (Å²) < 4.78 is 10.9. The van der Waals surface area contributed by atoms with Gasteiger partial charge < -0.3 is 20.1 Å². The number of benzene rings is 2. The van der Waals surface area contributed by atoms with E-state index in [1.54, 1.807) is 7.11 Å². The maximum Gasteiger partial charge on any atom is 0.191 e. The zero-order valence-electron chi connectivity index (χ0n) is 18.1. The van der Waals surface area contributed by atoms with E-state index in [0.29, 0.717) is 0 Å². The van der Waals surface area contributed by atoms with E-state index >= 15 is 0 Å². The van der Waals surface area contributed by atoms with Crippen molar-refractivity contribution in [1.29, 1.82) is 0 Å². The maximum absolute atomic E-state index is 5.55. The molecule has 2 N–H and O–H groups in total. The molecule has 3 rings (SSSR count). The van der Waals surface area contributed by atoms with E-state index in [0.717, 1.165) is 63.9 Å². The third-order valence-corrected chi connectivity index (χ3v) is 5.45. The van der Waals surface area contributed by atoms with E-state index in [1.807, 2.05) is 19.2 Å². The molecule has 1 saturated heterocycles. The van der Waals surface area contributed by atoms with Crippen LogP contribution in [0.1, 0.15) is 23.6 Å². The molecular weight excluding hydrogens is 376 g/mol. The van der Waals surface area contributed by atoms with Crippen LogP contribution in [0.4, 0.5) is 0 Å². The number of methoxy groups -OCH3 is 1. The molecular formula is C24H34N4O2. The van der Waals surface area contributed by atoms with E-state index in [-0.39, 0.29) is 6.04 Å². The molecule has 1 aliphatic heterocycles. The Bertz CT molecular complexity index is 759. The first kappa shape index (κ1) is 22.1. The van der Waals surface area contributed by atoms with Crippen LogP contribution in [-0.4, -0.2) is 64.4 Å². The Labute approximate surface area is 180 Å². The Balaban J connectivity index is 1.53. The van der Waals surface area contributed by atoms with Gasteiger partial charge in [-0.3, -0.25) is 9.89 Å². The molecule has 6 heteroatoms. The van der Waals surface area contributed by atoms with Crippen molar-refractivity contribution in [3.05, 3.63) is 65.7 Å². The predicted molar refractivity (Wildman–Crippen MR) is 122 cm³/mol. The Hall–Kier alpha value is -2.57. The third kappa shape index (κ3) is 6.75. The van der Waals surface area contributed by atoms with Crippen molar-refractivity contribution >= 4 is 5.96 Å². The molecule has 30 heavy (non-hydrogen) atoms. The lowest BCUT2D eigenvalue weighted by Crippen LogP contribution is -2.46. The van der Waals surface area contributed by atoms with Crippen molar-refractivity contribution in [2.45, 2.75) is 18.9 Å². The molecule has 6 nitrogen and oxygen atoms in total. The van der Waals surface area contributed by atoms with Crippen molar-refractivity contribution in [2.75, 3.05) is 53.6 Å². The van der Waals surface area contributed by atoms with Crippen LogP contribution in [0.15, 0.2) is 59.6 Å². The first-order valence-electron chi connectivity index (χ1n) is 10.7. The largest absolute Gasteiger partial charge is 0.497 e. The summed E-state index contributed by atoms with van der Waals surface area (Å²) in [5, 5.41) is 6.96. The fraction of sp³-hybridized carbons (Fsp3) is 0.458. The monoisotopic (exact) mass is 410 g/mol. The second-order valence-corrected chi connectivity index (χ2v) is 7.41. The third-order valence-electron chi connectivity index (χ3n) is 5.45. The summed E-state index contributed by atoms with van der Waals surface area (Å²) in [6.45, 7) is 5.09. The number of aliphatic imine (C=N–C) groups is 1. The second-order valence-electron chi connectivity index (χ2n) is 7.41. The van der Waals surface area contributed by atoms with Gasteiger partial charge in [0.05, 0.1) is 26.4 Å². The predicted octanol–water partition coefficient (Wildman–Crippen LogP) is 2.87. The van der Waals surface area contributed by atoms with Gasteiger partial charge in [0, 0.05) is 33.2 Å². The van der Waals surface area contributed by atoms with Crippen LogP contribution in [0, 0.1) is 0 Å². The molecule has 0 saturated carbocycles. The van der Waals surface area contributed by atoms with Gasteiger partial charge in [-0.1, -0.05) is 42.5 Å². The van der Waals surface area contributed by atoms with Gasteiger partial charge in [-0.15, -0.1) is 0 Å². The van der Waals surface area contributed by atoms with Gasteiger partial charge in [-0.05, 0) is 36.1 Å². The van der Waals surface area contributed by atoms with Crippen molar-refractivity contribution in [2.24, 2.45) is 4.99 Å². The highest BCUT2D eigenvalue weighted by Crippen LogP contribution is 2.23. The van der Waals surface area contributed by atoms with Gasteiger partial charge in [0.2, 0.25) is 0 Å². The van der Waals surface area contributed by atoms with Crippen LogP contribution >= 0.6 is 0 Å². The van der Waals surface area contributed by atoms with Crippen molar-refractivity contribution in [1.82, 2.24) is 15.5 Å². The lowest BCUT2D eigenvalue weighted by Gasteiger charge is -2.35. The number of hydrogen-bond acceptors (Lipinski definition) is 4. The van der Waals surface area contributed by atoms with Gasteiger partial charge in [0.25, 0.3) is 0 Å². The number of nitrogens with zero attached hydrogens (tertiary/aromatic N) is 2. The summed E-state index contributed by atoms with van der Waals surface area (Å²) in [4.78, 5) is 6.88. The quantitative estimate of drug-likeness (QED) is 0.378. The Kier molecular flexibility index (Phi) is 9.00. The van der Waals surface area contributed by atoms with Gasteiger partial charge in [-0.25, -0.2) is 0 Å². The van der Waals surface area contributed by atoms with E-state index in [4.69, 9.17) is 9.47 Å². The van der Waals surface area contributed by atoms with Gasteiger partial charge >= 0.3 is 0 Å². The van der Waals surface area contributed by atoms with E-state index in [2.05, 4.69) is 63.0 Å². The number of hydrogen-bond donors (Lipinski definition) is 2. The highest BCUT2D eigenvalue weighted by Gasteiger charge is 2.23. The van der Waals surface area contributed by atoms with Crippen LogP contribution in [-0.2, 0) is 11.2 Å². The van der Waals surface area contributed by atoms with Crippen LogP contribution in [0.2, 0.25) is 0 Å². The molecule has 1 aliphatic rings. The smallest absolute Gasteiger partial charge is 0.191 e. The Morgan fingerprint density at radius 3 is 2.47 bits per heavy atom. The second kappa shape index (κ2) is 12.2. The summed E-state index contributed by atoms with van der Waals surface area (Å²) in [6, 6.07) is 19.2. The molecule has 1 fully saturated rings. The fourth-order valence-electron chi connectivity index (χ4n) is 3.73. The number of ether oxygens (including phenoxy) is 2. The molecule has 2 aromatic carbocycles. The fourth-order valence-corrected chi connectivity index (χ4v) is 3.73. The summed E-state index contributed by atoms with van der Waals surface area (Å²) in [7, 11) is 3.52. The molecule has 1 atom stereocenters. The molecule has 1 unspecified atom stereocenters. The first-order valence-corrected chi connectivity index (χ1v) is 10.7. The summed E-state index contributed by atoms with van der Waals surface area (Å²) in [5.74, 6) is 1.72. The Morgan fingerprint density at radius 2 is 1.80 bits per heavy atom. The molecule has 0 bridgehead atoms. The lowest BCUT2D eigenvalue weighted by atomic mass is 10.0. The molecule has 2 aromatic rings. The summed E-state index contributed by atoms with van der Waals surface area (Å²) in [5.41, 5.74) is 2.64. The molecule has 1 heterocycles.